The highest BCUT2D eigenvalue weighted by atomic mass is 16.7. The van der Waals surface area contributed by atoms with E-state index in [1.165, 1.54) is 89.9 Å². The van der Waals surface area contributed by atoms with Crippen molar-refractivity contribution < 1.29 is 39.8 Å². The normalized spacial score (nSPS) is 21.9. The molecule has 0 aromatic carbocycles. The van der Waals surface area contributed by atoms with Gasteiger partial charge in [-0.2, -0.15) is 0 Å². The van der Waals surface area contributed by atoms with Gasteiger partial charge >= 0.3 is 0 Å². The summed E-state index contributed by atoms with van der Waals surface area (Å²) < 4.78 is 11.2. The molecule has 1 heterocycles. The first-order chi connectivity index (χ1) is 26.3. The lowest BCUT2D eigenvalue weighted by molar-refractivity contribution is -0.302. The van der Waals surface area contributed by atoms with Gasteiger partial charge in [0.1, 0.15) is 24.4 Å². The van der Waals surface area contributed by atoms with Crippen LogP contribution in [0.1, 0.15) is 174 Å². The largest absolute Gasteiger partial charge is 0.394 e. The molecular formula is C45H81NO8. The number of unbranched alkanes of at least 4 members (excludes halogenated alkanes) is 19. The molecule has 314 valence electrons. The van der Waals surface area contributed by atoms with Gasteiger partial charge in [-0.25, -0.2) is 0 Å². The van der Waals surface area contributed by atoms with Crippen LogP contribution in [0.15, 0.2) is 48.6 Å². The van der Waals surface area contributed by atoms with Crippen molar-refractivity contribution in [3.8, 4) is 0 Å². The standard InChI is InChI=1S/C45H81NO8/c1-3-5-7-9-11-13-15-17-18-19-20-21-23-24-26-28-30-32-34-39(48)38(37-53-45-44(52)43(51)42(50)40(36-47)54-45)46-41(49)35-33-31-29-27-25-22-16-14-12-10-8-6-4-2/h19-20,22,24-26,32,34,38-40,42-45,47-48,50-52H,3-18,21,23,27-31,33,35-37H2,1-2H3,(H,46,49)/b20-19+,25-22-,26-24+,34-32+. The molecule has 7 unspecified atom stereocenters. The van der Waals surface area contributed by atoms with E-state index >= 15 is 0 Å². The molecule has 54 heavy (non-hydrogen) atoms. The molecule has 1 aliphatic heterocycles. The van der Waals surface area contributed by atoms with Gasteiger partial charge in [0, 0.05) is 6.42 Å². The summed E-state index contributed by atoms with van der Waals surface area (Å²) in [6, 6.07) is -0.834. The summed E-state index contributed by atoms with van der Waals surface area (Å²) >= 11 is 0. The molecule has 0 aromatic rings. The Morgan fingerprint density at radius 1 is 0.611 bits per heavy atom. The van der Waals surface area contributed by atoms with Crippen LogP contribution >= 0.6 is 0 Å². The Morgan fingerprint density at radius 3 is 1.56 bits per heavy atom. The number of rotatable bonds is 35. The van der Waals surface area contributed by atoms with Gasteiger partial charge in [0.25, 0.3) is 0 Å². The van der Waals surface area contributed by atoms with Gasteiger partial charge in [-0.15, -0.1) is 0 Å². The number of hydrogen-bond donors (Lipinski definition) is 6. The molecule has 0 spiro atoms. The number of aliphatic hydroxyl groups excluding tert-OH is 5. The van der Waals surface area contributed by atoms with Crippen molar-refractivity contribution in [3.05, 3.63) is 48.6 Å². The maximum atomic E-state index is 12.9. The van der Waals surface area contributed by atoms with Crippen molar-refractivity contribution in [1.82, 2.24) is 5.32 Å². The van der Waals surface area contributed by atoms with Crippen LogP contribution in [0, 0.1) is 0 Å². The fourth-order valence-electron chi connectivity index (χ4n) is 6.53. The smallest absolute Gasteiger partial charge is 0.220 e. The number of amides is 1. The minimum absolute atomic E-state index is 0.210. The molecule has 6 N–H and O–H groups in total. The van der Waals surface area contributed by atoms with E-state index < -0.39 is 49.5 Å². The summed E-state index contributed by atoms with van der Waals surface area (Å²) in [5, 5.41) is 54.0. The molecule has 1 rings (SSSR count). The third-order valence-electron chi connectivity index (χ3n) is 10.1. The molecule has 9 nitrogen and oxygen atoms in total. The van der Waals surface area contributed by atoms with Gasteiger partial charge in [0.05, 0.1) is 25.4 Å². The van der Waals surface area contributed by atoms with Gasteiger partial charge in [-0.05, 0) is 70.6 Å². The van der Waals surface area contributed by atoms with Crippen LogP contribution in [0.4, 0.5) is 0 Å². The average Bonchev–Trinajstić information content (AvgIpc) is 3.17. The lowest BCUT2D eigenvalue weighted by Gasteiger charge is -2.40. The summed E-state index contributed by atoms with van der Waals surface area (Å²) in [4.78, 5) is 12.9. The first kappa shape index (κ1) is 50.2. The Labute approximate surface area is 329 Å². The van der Waals surface area contributed by atoms with E-state index in [4.69, 9.17) is 9.47 Å². The van der Waals surface area contributed by atoms with Gasteiger partial charge < -0.3 is 40.3 Å². The van der Waals surface area contributed by atoms with E-state index in [-0.39, 0.29) is 12.5 Å². The molecule has 1 aliphatic rings. The number of carbonyl (C=O) groups is 1. The number of allylic oxidation sites excluding steroid dienone is 7. The van der Waals surface area contributed by atoms with Crippen LogP contribution in [0.3, 0.4) is 0 Å². The average molecular weight is 764 g/mol. The molecule has 0 aliphatic carbocycles. The van der Waals surface area contributed by atoms with Crippen molar-refractivity contribution in [1.29, 1.82) is 0 Å². The van der Waals surface area contributed by atoms with Crippen LogP contribution in [0.5, 0.6) is 0 Å². The van der Waals surface area contributed by atoms with Crippen LogP contribution in [-0.2, 0) is 14.3 Å². The zero-order valence-corrected chi connectivity index (χ0v) is 34.2. The fourth-order valence-corrected chi connectivity index (χ4v) is 6.53. The SMILES string of the molecule is CCCCCCCC/C=C\CCCCCC(=O)NC(COC1OC(CO)C(O)C(O)C1O)C(O)/C=C/CC/C=C/CC/C=C/CCCCCCCCCC. The Morgan fingerprint density at radius 2 is 1.06 bits per heavy atom. The van der Waals surface area contributed by atoms with Crippen molar-refractivity contribution in [2.75, 3.05) is 13.2 Å². The Bertz CT molecular complexity index is 983. The van der Waals surface area contributed by atoms with Crippen molar-refractivity contribution in [3.63, 3.8) is 0 Å². The predicted molar refractivity (Wildman–Crippen MR) is 221 cm³/mol. The second-order valence-corrected chi connectivity index (χ2v) is 15.1. The highest BCUT2D eigenvalue weighted by Crippen LogP contribution is 2.22. The zero-order valence-electron chi connectivity index (χ0n) is 34.2. The lowest BCUT2D eigenvalue weighted by Crippen LogP contribution is -2.60. The number of ether oxygens (including phenoxy) is 2. The maximum Gasteiger partial charge on any atom is 0.220 e. The van der Waals surface area contributed by atoms with E-state index in [2.05, 4.69) is 55.6 Å². The lowest BCUT2D eigenvalue weighted by atomic mass is 9.99. The van der Waals surface area contributed by atoms with Crippen molar-refractivity contribution in [2.24, 2.45) is 0 Å². The fraction of sp³-hybridized carbons (Fsp3) is 0.800. The summed E-state index contributed by atoms with van der Waals surface area (Å²) in [6.45, 7) is 3.71. The summed E-state index contributed by atoms with van der Waals surface area (Å²) in [6.07, 6.45) is 37.2. The summed E-state index contributed by atoms with van der Waals surface area (Å²) in [5.74, 6) is -0.210. The van der Waals surface area contributed by atoms with Crippen molar-refractivity contribution >= 4 is 5.91 Å². The third kappa shape index (κ3) is 26.1. The molecule has 1 fully saturated rings. The van der Waals surface area contributed by atoms with Crippen molar-refractivity contribution in [2.45, 2.75) is 217 Å². The van der Waals surface area contributed by atoms with Gasteiger partial charge in [0.15, 0.2) is 6.29 Å². The van der Waals surface area contributed by atoms with E-state index in [0.717, 1.165) is 64.2 Å². The number of nitrogens with one attached hydrogen (secondary N) is 1. The Balaban J connectivity index is 2.45. The van der Waals surface area contributed by atoms with Gasteiger partial charge in [-0.3, -0.25) is 4.79 Å². The summed E-state index contributed by atoms with van der Waals surface area (Å²) in [5.41, 5.74) is 0. The molecule has 9 heteroatoms. The number of carbonyl (C=O) groups excluding carboxylic acids is 1. The van der Waals surface area contributed by atoms with Crippen LogP contribution < -0.4 is 5.32 Å². The molecule has 1 saturated heterocycles. The Kier molecular flexibility index (Phi) is 33.0. The molecule has 0 radical (unpaired) electrons. The predicted octanol–water partition coefficient (Wildman–Crippen LogP) is 8.67. The van der Waals surface area contributed by atoms with Gasteiger partial charge in [-0.1, -0.05) is 146 Å². The second-order valence-electron chi connectivity index (χ2n) is 15.1. The third-order valence-corrected chi connectivity index (χ3v) is 10.1. The quantitative estimate of drug-likeness (QED) is 0.0278. The van der Waals surface area contributed by atoms with Crippen LogP contribution in [0.25, 0.3) is 0 Å². The molecule has 0 saturated carbocycles. The molecule has 0 bridgehead atoms. The highest BCUT2D eigenvalue weighted by molar-refractivity contribution is 5.76. The maximum absolute atomic E-state index is 12.9. The van der Waals surface area contributed by atoms with E-state index in [1.807, 2.05) is 6.08 Å². The van der Waals surface area contributed by atoms with Gasteiger partial charge in [0.2, 0.25) is 5.91 Å². The number of hydrogen-bond acceptors (Lipinski definition) is 8. The summed E-state index contributed by atoms with van der Waals surface area (Å²) in [7, 11) is 0. The molecule has 0 aromatic heterocycles. The van der Waals surface area contributed by atoms with Crippen LogP contribution in [-0.4, -0.2) is 87.5 Å². The molecule has 7 atom stereocenters. The highest BCUT2D eigenvalue weighted by Gasteiger charge is 2.44. The number of aliphatic hydroxyl groups is 5. The minimum Gasteiger partial charge on any atom is -0.394 e. The minimum atomic E-state index is -1.58. The Hall–Kier alpha value is -1.85. The first-order valence-electron chi connectivity index (χ1n) is 21.9. The first-order valence-corrected chi connectivity index (χ1v) is 21.9. The molecular weight excluding hydrogens is 682 g/mol. The second kappa shape index (κ2) is 35.6. The zero-order chi connectivity index (χ0) is 39.5. The molecule has 1 amide bonds. The van der Waals surface area contributed by atoms with E-state index in [9.17, 15) is 30.3 Å². The van der Waals surface area contributed by atoms with E-state index in [1.54, 1.807) is 6.08 Å². The topological polar surface area (TPSA) is 149 Å². The monoisotopic (exact) mass is 764 g/mol. The van der Waals surface area contributed by atoms with Crippen LogP contribution in [0.2, 0.25) is 0 Å². The van der Waals surface area contributed by atoms with E-state index in [0.29, 0.717) is 6.42 Å².